The molecule has 5 N–H and O–H groups in total. The molecule has 0 saturated heterocycles. The van der Waals surface area contributed by atoms with Gasteiger partial charge in [-0.25, -0.2) is 9.98 Å². The smallest absolute Gasteiger partial charge is 0.394 e. The number of nitrogens with one attached hydrogen (secondary N) is 1. The van der Waals surface area contributed by atoms with Crippen LogP contribution in [0.1, 0.15) is 17.7 Å². The molecule has 0 saturated carbocycles. The number of rotatable bonds is 7. The van der Waals surface area contributed by atoms with E-state index < -0.39 is 32.6 Å². The number of imidazole rings is 1. The summed E-state index contributed by atoms with van der Waals surface area (Å²) in [7, 11) is -5.54. The van der Waals surface area contributed by atoms with Crippen LogP contribution < -0.4 is 15.8 Å². The summed E-state index contributed by atoms with van der Waals surface area (Å²) in [6.07, 6.45) is -0.321. The number of halogens is 3. The van der Waals surface area contributed by atoms with Crippen molar-refractivity contribution < 1.29 is 27.9 Å². The number of aromatic nitrogens is 2. The topological polar surface area (TPSA) is 135 Å². The molecular formula is C15H17ClF2N5O4P. The SMILES string of the molecule is NC1N=C(Cl)c2ncn(Cc3ccccc3OCCC(F)(F)P(=O)(O)O)c2N1. The van der Waals surface area contributed by atoms with Crippen LogP contribution in [0.2, 0.25) is 0 Å². The number of fused-ring (bicyclic) bond motifs is 1. The molecule has 0 bridgehead atoms. The van der Waals surface area contributed by atoms with Gasteiger partial charge in [0.05, 0.1) is 25.9 Å². The first-order chi connectivity index (χ1) is 13.1. The fourth-order valence-corrected chi connectivity index (χ4v) is 3.17. The summed E-state index contributed by atoms with van der Waals surface area (Å²) in [5.74, 6) is 0.849. The zero-order chi connectivity index (χ0) is 20.5. The Hall–Kier alpha value is -2.04. The number of alkyl halides is 2. The minimum absolute atomic E-state index is 0.171. The van der Waals surface area contributed by atoms with Gasteiger partial charge >= 0.3 is 13.3 Å². The van der Waals surface area contributed by atoms with Crippen LogP contribution in [0.3, 0.4) is 0 Å². The molecule has 1 atom stereocenters. The first-order valence-corrected chi connectivity index (χ1v) is 10.0. The van der Waals surface area contributed by atoms with Crippen LogP contribution in [0, 0.1) is 0 Å². The molecule has 0 spiro atoms. The van der Waals surface area contributed by atoms with Crippen LogP contribution in [0.25, 0.3) is 0 Å². The predicted octanol–water partition coefficient (Wildman–Crippen LogP) is 2.12. The van der Waals surface area contributed by atoms with Gasteiger partial charge in [-0.2, -0.15) is 8.78 Å². The molecule has 0 amide bonds. The van der Waals surface area contributed by atoms with Crippen LogP contribution in [-0.2, 0) is 11.1 Å². The van der Waals surface area contributed by atoms with Gasteiger partial charge < -0.3 is 24.4 Å². The second-order valence-corrected chi connectivity index (χ2v) is 8.10. The fraction of sp³-hybridized carbons (Fsp3) is 0.333. The molecule has 2 aromatic rings. The zero-order valence-corrected chi connectivity index (χ0v) is 15.9. The number of aliphatic imine (C=N–C) groups is 1. The lowest BCUT2D eigenvalue weighted by molar-refractivity contribution is 0.0367. The summed E-state index contributed by atoms with van der Waals surface area (Å²) >= 11 is 6.03. The second kappa shape index (κ2) is 7.76. The molecule has 0 fully saturated rings. The monoisotopic (exact) mass is 435 g/mol. The molecule has 28 heavy (non-hydrogen) atoms. The van der Waals surface area contributed by atoms with Crippen molar-refractivity contribution in [2.24, 2.45) is 10.7 Å². The van der Waals surface area contributed by atoms with E-state index in [9.17, 15) is 13.3 Å². The van der Waals surface area contributed by atoms with E-state index in [4.69, 9.17) is 31.9 Å². The number of hydrogen-bond acceptors (Lipinski definition) is 6. The summed E-state index contributed by atoms with van der Waals surface area (Å²) in [6.45, 7) is -0.309. The highest BCUT2D eigenvalue weighted by Crippen LogP contribution is 2.54. The normalized spacial score (nSPS) is 16.9. The largest absolute Gasteiger partial charge is 0.493 e. The van der Waals surface area contributed by atoms with Crippen LogP contribution >= 0.6 is 19.2 Å². The van der Waals surface area contributed by atoms with Crippen molar-refractivity contribution in [2.45, 2.75) is 24.9 Å². The van der Waals surface area contributed by atoms with Gasteiger partial charge in [-0.3, -0.25) is 10.3 Å². The highest BCUT2D eigenvalue weighted by molar-refractivity contribution is 7.53. The highest BCUT2D eigenvalue weighted by Gasteiger charge is 2.48. The van der Waals surface area contributed by atoms with E-state index in [-0.39, 0.29) is 11.7 Å². The molecule has 2 heterocycles. The Morgan fingerprint density at radius 1 is 1.39 bits per heavy atom. The standard InChI is InChI=1S/C15H17ClF2N5O4P/c16-12-11-13(22-14(19)21-12)23(8-20-11)7-9-3-1-2-4-10(9)27-6-5-15(17,18)28(24,25)26/h1-4,8,14,22H,5-7,19H2,(H2,24,25,26). The molecule has 1 unspecified atom stereocenters. The van der Waals surface area contributed by atoms with Crippen molar-refractivity contribution in [2.75, 3.05) is 11.9 Å². The minimum Gasteiger partial charge on any atom is -0.493 e. The Morgan fingerprint density at radius 3 is 2.82 bits per heavy atom. The third-order valence-corrected chi connectivity index (χ3v) is 5.32. The fourth-order valence-electron chi connectivity index (χ4n) is 2.55. The molecule has 0 aliphatic carbocycles. The summed E-state index contributed by atoms with van der Waals surface area (Å²) in [4.78, 5) is 25.5. The number of nitrogens with zero attached hydrogens (tertiary/aromatic N) is 3. The van der Waals surface area contributed by atoms with E-state index in [2.05, 4.69) is 15.3 Å². The van der Waals surface area contributed by atoms with Crippen molar-refractivity contribution in [3.05, 3.63) is 41.9 Å². The molecule has 1 aliphatic rings. The molecule has 1 aromatic carbocycles. The van der Waals surface area contributed by atoms with Crippen molar-refractivity contribution in [3.8, 4) is 5.75 Å². The molecule has 13 heteroatoms. The van der Waals surface area contributed by atoms with E-state index >= 15 is 0 Å². The van der Waals surface area contributed by atoms with Crippen LogP contribution in [0.4, 0.5) is 14.6 Å². The molecule has 3 rings (SSSR count). The van der Waals surface area contributed by atoms with Crippen LogP contribution in [0.5, 0.6) is 5.75 Å². The lowest BCUT2D eigenvalue weighted by Crippen LogP contribution is -2.33. The van der Waals surface area contributed by atoms with Gasteiger partial charge in [0.1, 0.15) is 17.3 Å². The third-order valence-electron chi connectivity index (χ3n) is 3.97. The number of para-hydroxylation sites is 1. The maximum Gasteiger partial charge on any atom is 0.394 e. The van der Waals surface area contributed by atoms with Crippen molar-refractivity contribution in [1.82, 2.24) is 9.55 Å². The Balaban J connectivity index is 1.74. The first-order valence-electron chi connectivity index (χ1n) is 8.03. The van der Waals surface area contributed by atoms with Crippen molar-refractivity contribution >= 4 is 30.2 Å². The molecule has 9 nitrogen and oxygen atoms in total. The summed E-state index contributed by atoms with van der Waals surface area (Å²) in [5, 5.41) is 3.11. The molecule has 0 radical (unpaired) electrons. The van der Waals surface area contributed by atoms with Gasteiger partial charge in [0.15, 0.2) is 11.5 Å². The highest BCUT2D eigenvalue weighted by atomic mass is 35.5. The van der Waals surface area contributed by atoms with Crippen LogP contribution in [0.15, 0.2) is 35.6 Å². The van der Waals surface area contributed by atoms with E-state index in [1.54, 1.807) is 28.8 Å². The molecule has 152 valence electrons. The Kier molecular flexibility index (Phi) is 5.74. The molecule has 1 aliphatic heterocycles. The van der Waals surface area contributed by atoms with Gasteiger partial charge in [-0.1, -0.05) is 29.8 Å². The Bertz CT molecular complexity index is 948. The van der Waals surface area contributed by atoms with Crippen molar-refractivity contribution in [3.63, 3.8) is 0 Å². The lowest BCUT2D eigenvalue weighted by atomic mass is 10.2. The van der Waals surface area contributed by atoms with Gasteiger partial charge in [-0.05, 0) is 6.07 Å². The van der Waals surface area contributed by atoms with E-state index in [1.165, 1.54) is 6.33 Å². The second-order valence-electron chi connectivity index (χ2n) is 5.99. The lowest BCUT2D eigenvalue weighted by Gasteiger charge is -2.20. The molecular weight excluding hydrogens is 419 g/mol. The first kappa shape index (κ1) is 20.7. The Labute approximate surface area is 163 Å². The van der Waals surface area contributed by atoms with Gasteiger partial charge in [0.25, 0.3) is 0 Å². The Morgan fingerprint density at radius 2 is 2.11 bits per heavy atom. The summed E-state index contributed by atoms with van der Waals surface area (Å²) < 4.78 is 44.7. The quantitative estimate of drug-likeness (QED) is 0.489. The summed E-state index contributed by atoms with van der Waals surface area (Å²) in [6, 6.07) is 6.69. The van der Waals surface area contributed by atoms with Crippen LogP contribution in [-0.4, -0.2) is 43.1 Å². The van der Waals surface area contributed by atoms with Gasteiger partial charge in [0, 0.05) is 5.56 Å². The average Bonchev–Trinajstić information content (AvgIpc) is 2.98. The van der Waals surface area contributed by atoms with E-state index in [1.807, 2.05) is 0 Å². The number of nitrogens with two attached hydrogens (primary N) is 1. The number of anilines is 1. The number of hydrogen-bond donors (Lipinski definition) is 4. The maximum absolute atomic E-state index is 13.4. The van der Waals surface area contributed by atoms with Gasteiger partial charge in [-0.15, -0.1) is 0 Å². The average molecular weight is 436 g/mol. The predicted molar refractivity (Wildman–Crippen MR) is 98.9 cm³/mol. The maximum atomic E-state index is 13.4. The minimum atomic E-state index is -5.54. The van der Waals surface area contributed by atoms with E-state index in [0.29, 0.717) is 22.8 Å². The van der Waals surface area contributed by atoms with E-state index in [0.717, 1.165) is 0 Å². The zero-order valence-electron chi connectivity index (χ0n) is 14.3. The third kappa shape index (κ3) is 4.34. The number of benzene rings is 1. The summed E-state index contributed by atoms with van der Waals surface area (Å²) in [5.41, 5.74) is 2.67. The van der Waals surface area contributed by atoms with Gasteiger partial charge in [0.2, 0.25) is 0 Å². The van der Waals surface area contributed by atoms with Crippen molar-refractivity contribution in [1.29, 1.82) is 0 Å². The molecule has 1 aromatic heterocycles. The number of ether oxygens (including phenoxy) is 1.